The van der Waals surface area contributed by atoms with E-state index in [0.29, 0.717) is 6.42 Å². The molecule has 2 rings (SSSR count). The van der Waals surface area contributed by atoms with E-state index in [-0.39, 0.29) is 6.10 Å². The first-order valence-electron chi connectivity index (χ1n) is 4.81. The van der Waals surface area contributed by atoms with Crippen molar-refractivity contribution in [2.75, 3.05) is 6.61 Å². The van der Waals surface area contributed by atoms with Crippen LogP contribution < -0.4 is 0 Å². The largest absolute Gasteiger partial charge is 0.388 e. The number of aliphatic hydroxyl groups is 1. The monoisotopic (exact) mass is 190 g/mol. The zero-order valence-electron chi connectivity index (χ0n) is 8.02. The molecular formula is C12H14O2. The summed E-state index contributed by atoms with van der Waals surface area (Å²) in [4.78, 5) is 0. The van der Waals surface area contributed by atoms with Crippen LogP contribution in [-0.4, -0.2) is 17.8 Å². The van der Waals surface area contributed by atoms with Crippen molar-refractivity contribution >= 4 is 6.08 Å². The van der Waals surface area contributed by atoms with E-state index in [2.05, 4.69) is 6.58 Å². The topological polar surface area (TPSA) is 32.8 Å². The highest BCUT2D eigenvalue weighted by atomic mass is 16.6. The Balaban J connectivity index is 2.08. The van der Waals surface area contributed by atoms with Crippen molar-refractivity contribution < 1.29 is 9.84 Å². The lowest BCUT2D eigenvalue weighted by molar-refractivity contribution is 0.154. The molecule has 0 bridgehead atoms. The fraction of sp³-hybridized carbons (Fsp3) is 0.333. The highest BCUT2D eigenvalue weighted by Gasteiger charge is 2.26. The second-order valence-corrected chi connectivity index (χ2v) is 3.58. The summed E-state index contributed by atoms with van der Waals surface area (Å²) in [6, 6.07) is 7.79. The summed E-state index contributed by atoms with van der Waals surface area (Å²) < 4.78 is 5.08. The lowest BCUT2D eigenvalue weighted by Crippen LogP contribution is -2.01. The van der Waals surface area contributed by atoms with Gasteiger partial charge in [0.1, 0.15) is 0 Å². The molecule has 0 saturated carbocycles. The van der Waals surface area contributed by atoms with E-state index in [0.717, 1.165) is 17.7 Å². The highest BCUT2D eigenvalue weighted by Crippen LogP contribution is 2.25. The van der Waals surface area contributed by atoms with Gasteiger partial charge in [-0.05, 0) is 17.2 Å². The van der Waals surface area contributed by atoms with Gasteiger partial charge in [-0.15, -0.1) is 0 Å². The quantitative estimate of drug-likeness (QED) is 0.738. The maximum absolute atomic E-state index is 9.84. The van der Waals surface area contributed by atoms with E-state index < -0.39 is 6.10 Å². The molecule has 1 fully saturated rings. The fourth-order valence-corrected chi connectivity index (χ4v) is 1.48. The van der Waals surface area contributed by atoms with Crippen molar-refractivity contribution in [1.29, 1.82) is 0 Å². The smallest absolute Gasteiger partial charge is 0.0837 e. The van der Waals surface area contributed by atoms with Crippen LogP contribution in [0.1, 0.15) is 23.7 Å². The first kappa shape index (κ1) is 9.44. The lowest BCUT2D eigenvalue weighted by atomic mass is 10.0. The van der Waals surface area contributed by atoms with Crippen LogP contribution in [0.4, 0.5) is 0 Å². The van der Waals surface area contributed by atoms with Gasteiger partial charge in [-0.3, -0.25) is 0 Å². The minimum atomic E-state index is -0.414. The number of ether oxygens (including phenoxy) is 1. The molecular weight excluding hydrogens is 176 g/mol. The van der Waals surface area contributed by atoms with Gasteiger partial charge in [-0.1, -0.05) is 30.9 Å². The molecule has 1 N–H and O–H groups in total. The van der Waals surface area contributed by atoms with Crippen molar-refractivity contribution in [3.05, 3.63) is 42.0 Å². The molecule has 14 heavy (non-hydrogen) atoms. The maximum Gasteiger partial charge on any atom is 0.0837 e. The van der Waals surface area contributed by atoms with Gasteiger partial charge < -0.3 is 9.84 Å². The fourth-order valence-electron chi connectivity index (χ4n) is 1.48. The summed E-state index contributed by atoms with van der Waals surface area (Å²) in [5.74, 6) is 0. The van der Waals surface area contributed by atoms with Gasteiger partial charge in [0.15, 0.2) is 0 Å². The van der Waals surface area contributed by atoms with Crippen LogP contribution >= 0.6 is 0 Å². The molecule has 2 unspecified atom stereocenters. The maximum atomic E-state index is 9.84. The molecule has 1 heterocycles. The van der Waals surface area contributed by atoms with Crippen LogP contribution in [-0.2, 0) is 4.74 Å². The minimum absolute atomic E-state index is 0.261. The van der Waals surface area contributed by atoms with E-state index in [9.17, 15) is 5.11 Å². The Morgan fingerprint density at radius 1 is 1.64 bits per heavy atom. The summed E-state index contributed by atoms with van der Waals surface area (Å²) in [6.07, 6.45) is 2.32. The minimum Gasteiger partial charge on any atom is -0.388 e. The van der Waals surface area contributed by atoms with E-state index >= 15 is 0 Å². The predicted molar refractivity (Wildman–Crippen MR) is 55.8 cm³/mol. The Hall–Kier alpha value is -1.12. The van der Waals surface area contributed by atoms with E-state index in [1.165, 1.54) is 0 Å². The van der Waals surface area contributed by atoms with Crippen molar-refractivity contribution in [3.8, 4) is 0 Å². The summed E-state index contributed by atoms with van der Waals surface area (Å²) >= 11 is 0. The molecule has 0 aliphatic carbocycles. The van der Waals surface area contributed by atoms with Crippen LogP contribution in [0, 0.1) is 0 Å². The summed E-state index contributed by atoms with van der Waals surface area (Å²) in [6.45, 7) is 4.49. The molecule has 0 spiro atoms. The molecule has 0 aromatic heterocycles. The van der Waals surface area contributed by atoms with Gasteiger partial charge in [0, 0.05) is 6.42 Å². The molecule has 74 valence electrons. The van der Waals surface area contributed by atoms with Crippen molar-refractivity contribution in [2.24, 2.45) is 0 Å². The van der Waals surface area contributed by atoms with Gasteiger partial charge in [0.2, 0.25) is 0 Å². The zero-order chi connectivity index (χ0) is 9.97. The molecule has 0 amide bonds. The zero-order valence-corrected chi connectivity index (χ0v) is 8.02. The Morgan fingerprint density at radius 2 is 2.43 bits per heavy atom. The third kappa shape index (κ3) is 2.22. The van der Waals surface area contributed by atoms with E-state index in [1.807, 2.05) is 24.3 Å². The SMILES string of the molecule is C=Cc1cccc(C(O)CC2CO2)c1. The Bertz CT molecular complexity index is 329. The van der Waals surface area contributed by atoms with Crippen molar-refractivity contribution in [2.45, 2.75) is 18.6 Å². The van der Waals surface area contributed by atoms with Gasteiger partial charge >= 0.3 is 0 Å². The number of rotatable bonds is 4. The molecule has 1 saturated heterocycles. The van der Waals surface area contributed by atoms with E-state index in [4.69, 9.17) is 4.74 Å². The van der Waals surface area contributed by atoms with Gasteiger partial charge in [-0.2, -0.15) is 0 Å². The van der Waals surface area contributed by atoms with Crippen LogP contribution in [0.2, 0.25) is 0 Å². The molecule has 1 aromatic rings. The third-order valence-corrected chi connectivity index (χ3v) is 2.42. The first-order chi connectivity index (χ1) is 6.79. The van der Waals surface area contributed by atoms with Gasteiger partial charge in [0.25, 0.3) is 0 Å². The predicted octanol–water partition coefficient (Wildman–Crippen LogP) is 2.15. The molecule has 1 aromatic carbocycles. The van der Waals surface area contributed by atoms with Crippen LogP contribution in [0.15, 0.2) is 30.8 Å². The summed E-state index contributed by atoms with van der Waals surface area (Å²) in [7, 11) is 0. The lowest BCUT2D eigenvalue weighted by Gasteiger charge is -2.09. The Labute approximate surface area is 83.8 Å². The van der Waals surface area contributed by atoms with Gasteiger partial charge in [-0.25, -0.2) is 0 Å². The number of hydrogen-bond donors (Lipinski definition) is 1. The van der Waals surface area contributed by atoms with Crippen molar-refractivity contribution in [3.63, 3.8) is 0 Å². The van der Waals surface area contributed by atoms with Crippen LogP contribution in [0.3, 0.4) is 0 Å². The molecule has 0 radical (unpaired) electrons. The number of epoxide rings is 1. The van der Waals surface area contributed by atoms with E-state index in [1.54, 1.807) is 6.08 Å². The number of hydrogen-bond acceptors (Lipinski definition) is 2. The average molecular weight is 190 g/mol. The number of benzene rings is 1. The first-order valence-corrected chi connectivity index (χ1v) is 4.81. The molecule has 2 atom stereocenters. The Morgan fingerprint density at radius 3 is 3.07 bits per heavy atom. The molecule has 2 heteroatoms. The van der Waals surface area contributed by atoms with Crippen molar-refractivity contribution in [1.82, 2.24) is 0 Å². The average Bonchev–Trinajstić information content (AvgIpc) is 3.02. The summed E-state index contributed by atoms with van der Waals surface area (Å²) in [5, 5.41) is 9.84. The molecule has 1 aliphatic rings. The van der Waals surface area contributed by atoms with Gasteiger partial charge in [0.05, 0.1) is 18.8 Å². The second-order valence-electron chi connectivity index (χ2n) is 3.58. The standard InChI is InChI=1S/C12H14O2/c1-2-9-4-3-5-10(6-9)12(13)7-11-8-14-11/h2-6,11-13H,1,7-8H2. The summed E-state index contributed by atoms with van der Waals surface area (Å²) in [5.41, 5.74) is 1.98. The molecule has 2 nitrogen and oxygen atoms in total. The van der Waals surface area contributed by atoms with Crippen LogP contribution in [0.5, 0.6) is 0 Å². The Kier molecular flexibility index (Phi) is 2.66. The molecule has 1 aliphatic heterocycles. The highest BCUT2D eigenvalue weighted by molar-refractivity contribution is 5.48. The normalized spacial score (nSPS) is 21.6. The number of aliphatic hydroxyl groups excluding tert-OH is 1. The van der Waals surface area contributed by atoms with Crippen LogP contribution in [0.25, 0.3) is 6.08 Å². The second kappa shape index (κ2) is 3.95. The third-order valence-electron chi connectivity index (χ3n) is 2.42.